The highest BCUT2D eigenvalue weighted by molar-refractivity contribution is 5.83. The van der Waals surface area contributed by atoms with E-state index >= 15 is 0 Å². The molecule has 4 rings (SSSR count). The molecule has 1 aliphatic rings. The number of rotatable bonds is 6. The minimum absolute atomic E-state index is 0.243. The normalized spacial score (nSPS) is 15.0. The van der Waals surface area contributed by atoms with Crippen molar-refractivity contribution in [1.82, 2.24) is 19.5 Å². The molecular weight excluding hydrogens is 346 g/mol. The summed E-state index contributed by atoms with van der Waals surface area (Å²) in [5.41, 5.74) is 3.92. The predicted molar refractivity (Wildman–Crippen MR) is 101 cm³/mol. The van der Waals surface area contributed by atoms with Crippen molar-refractivity contribution in [3.63, 3.8) is 0 Å². The van der Waals surface area contributed by atoms with E-state index in [9.17, 15) is 5.11 Å². The van der Waals surface area contributed by atoms with Gasteiger partial charge in [-0.1, -0.05) is 6.07 Å². The van der Waals surface area contributed by atoms with Gasteiger partial charge in [0.1, 0.15) is 12.1 Å². The van der Waals surface area contributed by atoms with Crippen molar-refractivity contribution in [3.05, 3.63) is 42.0 Å². The second kappa shape index (κ2) is 7.50. The zero-order valence-corrected chi connectivity index (χ0v) is 15.2. The molecule has 0 saturated carbocycles. The van der Waals surface area contributed by atoms with Gasteiger partial charge in [-0.15, -0.1) is 0 Å². The van der Waals surface area contributed by atoms with Crippen molar-refractivity contribution in [3.8, 4) is 5.75 Å². The molecule has 8 nitrogen and oxygen atoms in total. The Hall–Kier alpha value is -2.71. The SMILES string of the molecule is CCOc1ccc2c(c1)CCN(c1ncnc3c1ncn3CC(O)CO)C2. The first kappa shape index (κ1) is 17.7. The van der Waals surface area contributed by atoms with Gasteiger partial charge in [-0.25, -0.2) is 15.0 Å². The molecule has 0 bridgehead atoms. The first-order valence-electron chi connectivity index (χ1n) is 9.14. The summed E-state index contributed by atoms with van der Waals surface area (Å²) in [6.45, 7) is 4.18. The molecule has 142 valence electrons. The van der Waals surface area contributed by atoms with Gasteiger partial charge in [-0.3, -0.25) is 0 Å². The smallest absolute Gasteiger partial charge is 0.165 e. The van der Waals surface area contributed by atoms with Crippen LogP contribution in [0.25, 0.3) is 11.2 Å². The van der Waals surface area contributed by atoms with Crippen molar-refractivity contribution >= 4 is 17.0 Å². The van der Waals surface area contributed by atoms with Crippen molar-refractivity contribution < 1.29 is 14.9 Å². The maximum absolute atomic E-state index is 9.71. The Morgan fingerprint density at radius 1 is 1.22 bits per heavy atom. The first-order valence-corrected chi connectivity index (χ1v) is 9.14. The monoisotopic (exact) mass is 369 g/mol. The van der Waals surface area contributed by atoms with Crippen molar-refractivity contribution in [2.24, 2.45) is 0 Å². The van der Waals surface area contributed by atoms with Gasteiger partial charge in [-0.2, -0.15) is 0 Å². The van der Waals surface area contributed by atoms with Crippen LogP contribution >= 0.6 is 0 Å². The van der Waals surface area contributed by atoms with E-state index in [-0.39, 0.29) is 13.2 Å². The lowest BCUT2D eigenvalue weighted by molar-refractivity contribution is 0.0820. The Balaban J connectivity index is 1.61. The Bertz CT molecular complexity index is 942. The van der Waals surface area contributed by atoms with Gasteiger partial charge in [-0.05, 0) is 36.6 Å². The second-order valence-corrected chi connectivity index (χ2v) is 6.64. The zero-order chi connectivity index (χ0) is 18.8. The Morgan fingerprint density at radius 3 is 2.93 bits per heavy atom. The minimum Gasteiger partial charge on any atom is -0.494 e. The molecule has 0 radical (unpaired) electrons. The van der Waals surface area contributed by atoms with Crippen LogP contribution in [0.2, 0.25) is 0 Å². The molecule has 1 atom stereocenters. The number of anilines is 1. The van der Waals surface area contributed by atoms with E-state index in [0.29, 0.717) is 17.8 Å². The summed E-state index contributed by atoms with van der Waals surface area (Å²) in [6.07, 6.45) is 3.22. The third-order valence-corrected chi connectivity index (χ3v) is 4.80. The van der Waals surface area contributed by atoms with Gasteiger partial charge in [0, 0.05) is 13.1 Å². The average Bonchev–Trinajstić information content (AvgIpc) is 3.10. The summed E-state index contributed by atoms with van der Waals surface area (Å²) in [6, 6.07) is 6.24. The lowest BCUT2D eigenvalue weighted by Gasteiger charge is -2.30. The molecule has 0 saturated heterocycles. The van der Waals surface area contributed by atoms with Crippen LogP contribution < -0.4 is 9.64 Å². The molecule has 1 aliphatic heterocycles. The summed E-state index contributed by atoms with van der Waals surface area (Å²) in [7, 11) is 0. The van der Waals surface area contributed by atoms with E-state index in [1.807, 2.05) is 13.0 Å². The molecule has 0 fully saturated rings. The largest absolute Gasteiger partial charge is 0.494 e. The lowest BCUT2D eigenvalue weighted by atomic mass is 9.99. The van der Waals surface area contributed by atoms with Crippen LogP contribution in [0.15, 0.2) is 30.9 Å². The number of aliphatic hydroxyl groups is 2. The molecule has 1 unspecified atom stereocenters. The summed E-state index contributed by atoms with van der Waals surface area (Å²) in [5.74, 6) is 1.70. The van der Waals surface area contributed by atoms with Crippen LogP contribution in [-0.2, 0) is 19.5 Å². The number of aliphatic hydroxyl groups excluding tert-OH is 2. The van der Waals surface area contributed by atoms with Crippen LogP contribution in [0, 0.1) is 0 Å². The third kappa shape index (κ3) is 3.45. The van der Waals surface area contributed by atoms with Crippen LogP contribution in [0.3, 0.4) is 0 Å². The Kier molecular flexibility index (Phi) is 4.91. The molecule has 27 heavy (non-hydrogen) atoms. The van der Waals surface area contributed by atoms with Gasteiger partial charge in [0.15, 0.2) is 17.0 Å². The molecule has 0 amide bonds. The van der Waals surface area contributed by atoms with Crippen LogP contribution in [0.4, 0.5) is 5.82 Å². The number of ether oxygens (including phenoxy) is 1. The van der Waals surface area contributed by atoms with Gasteiger partial charge in [0.05, 0.1) is 32.2 Å². The number of nitrogens with zero attached hydrogens (tertiary/aromatic N) is 5. The van der Waals surface area contributed by atoms with Crippen LogP contribution in [0.5, 0.6) is 5.75 Å². The van der Waals surface area contributed by atoms with Crippen molar-refractivity contribution in [2.45, 2.75) is 32.5 Å². The highest BCUT2D eigenvalue weighted by Crippen LogP contribution is 2.29. The topological polar surface area (TPSA) is 96.5 Å². The molecule has 0 spiro atoms. The number of hydrogen-bond acceptors (Lipinski definition) is 7. The summed E-state index contributed by atoms with van der Waals surface area (Å²) < 4.78 is 7.34. The zero-order valence-electron chi connectivity index (χ0n) is 15.2. The highest BCUT2D eigenvalue weighted by Gasteiger charge is 2.22. The maximum atomic E-state index is 9.71. The number of imidazole rings is 1. The summed E-state index contributed by atoms with van der Waals surface area (Å²) in [4.78, 5) is 15.4. The van der Waals surface area contributed by atoms with E-state index in [2.05, 4.69) is 32.0 Å². The Labute approximate surface area is 157 Å². The Morgan fingerprint density at radius 2 is 2.11 bits per heavy atom. The summed E-state index contributed by atoms with van der Waals surface area (Å²) in [5, 5.41) is 18.8. The van der Waals surface area contributed by atoms with Gasteiger partial charge >= 0.3 is 0 Å². The fourth-order valence-corrected chi connectivity index (χ4v) is 3.48. The predicted octanol–water partition coefficient (Wildman–Crippen LogP) is 1.14. The number of fused-ring (bicyclic) bond motifs is 2. The standard InChI is InChI=1S/C19H23N5O3/c1-2-27-16-4-3-14-8-23(6-5-13(14)7-16)18-17-19(21-11-20-18)24(12-22-17)9-15(26)10-25/h3-4,7,11-12,15,25-26H,2,5-6,8-10H2,1H3. The van der Waals surface area contributed by atoms with E-state index in [4.69, 9.17) is 9.84 Å². The van der Waals surface area contributed by atoms with E-state index < -0.39 is 6.10 Å². The molecule has 3 aromatic rings. The fraction of sp³-hybridized carbons (Fsp3) is 0.421. The highest BCUT2D eigenvalue weighted by atomic mass is 16.5. The molecular formula is C19H23N5O3. The molecule has 0 aliphatic carbocycles. The molecule has 2 N–H and O–H groups in total. The van der Waals surface area contributed by atoms with Gasteiger partial charge in [0.25, 0.3) is 0 Å². The number of hydrogen-bond donors (Lipinski definition) is 2. The quantitative estimate of drug-likeness (QED) is 0.672. The molecule has 1 aromatic carbocycles. The number of aromatic nitrogens is 4. The number of benzene rings is 1. The second-order valence-electron chi connectivity index (χ2n) is 6.64. The van der Waals surface area contributed by atoms with Crippen LogP contribution in [0.1, 0.15) is 18.1 Å². The molecule has 8 heteroatoms. The fourth-order valence-electron chi connectivity index (χ4n) is 3.48. The maximum Gasteiger partial charge on any atom is 0.165 e. The first-order chi connectivity index (χ1) is 13.2. The average molecular weight is 369 g/mol. The third-order valence-electron chi connectivity index (χ3n) is 4.80. The van der Waals surface area contributed by atoms with Crippen LogP contribution in [-0.4, -0.2) is 55.6 Å². The van der Waals surface area contributed by atoms with E-state index in [1.165, 1.54) is 17.5 Å². The van der Waals surface area contributed by atoms with Gasteiger partial charge < -0.3 is 24.4 Å². The van der Waals surface area contributed by atoms with Crippen molar-refractivity contribution in [2.75, 3.05) is 24.7 Å². The lowest BCUT2D eigenvalue weighted by Crippen LogP contribution is -2.31. The summed E-state index contributed by atoms with van der Waals surface area (Å²) >= 11 is 0. The minimum atomic E-state index is -0.845. The molecule has 3 heterocycles. The molecule has 2 aromatic heterocycles. The van der Waals surface area contributed by atoms with E-state index in [1.54, 1.807) is 10.9 Å². The van der Waals surface area contributed by atoms with Crippen molar-refractivity contribution in [1.29, 1.82) is 0 Å². The van der Waals surface area contributed by atoms with Gasteiger partial charge in [0.2, 0.25) is 0 Å². The van der Waals surface area contributed by atoms with E-state index in [0.717, 1.165) is 31.1 Å².